The zero-order chi connectivity index (χ0) is 18.1. The van der Waals surface area contributed by atoms with Crippen molar-refractivity contribution in [3.05, 3.63) is 51.3 Å². The Bertz CT molecular complexity index is 859. The number of nitriles is 1. The summed E-state index contributed by atoms with van der Waals surface area (Å²) in [6.07, 6.45) is -1.32. The predicted molar refractivity (Wildman–Crippen MR) is 83.2 cm³/mol. The third-order valence-corrected chi connectivity index (χ3v) is 3.56. The van der Waals surface area contributed by atoms with Crippen LogP contribution in [0.3, 0.4) is 0 Å². The molecule has 4 nitrogen and oxygen atoms in total. The number of rotatable bonds is 3. The number of allylic oxidation sites excluding steroid dienone is 1. The Hall–Kier alpha value is -2.01. The molecule has 0 atom stereocenters. The number of alkyl halides is 3. The van der Waals surface area contributed by atoms with Gasteiger partial charge < -0.3 is 0 Å². The summed E-state index contributed by atoms with van der Waals surface area (Å²) in [5.74, 6) is 0. The number of hydrogen-bond acceptors (Lipinski definition) is 3. The first kappa shape index (κ1) is 18.3. The maximum Gasteiger partial charge on any atom is 0.416 e. The van der Waals surface area contributed by atoms with E-state index in [1.165, 1.54) is 6.08 Å². The average molecular weight is 395 g/mol. The highest BCUT2D eigenvalue weighted by molar-refractivity contribution is 6.66. The van der Waals surface area contributed by atoms with Crippen molar-refractivity contribution in [2.75, 3.05) is 0 Å². The lowest BCUT2D eigenvalue weighted by molar-refractivity contribution is -0.137. The van der Waals surface area contributed by atoms with Gasteiger partial charge in [0.15, 0.2) is 0 Å². The number of carbonyl (C=O) groups is 1. The van der Waals surface area contributed by atoms with Crippen molar-refractivity contribution in [3.8, 4) is 11.8 Å². The zero-order valence-corrected chi connectivity index (χ0v) is 13.7. The van der Waals surface area contributed by atoms with Crippen LogP contribution in [-0.2, 0) is 11.0 Å². The van der Waals surface area contributed by atoms with Crippen LogP contribution in [0.25, 0.3) is 11.8 Å². The van der Waals surface area contributed by atoms with Gasteiger partial charge in [0.25, 0.3) is 0 Å². The van der Waals surface area contributed by atoms with Gasteiger partial charge in [0, 0.05) is 0 Å². The van der Waals surface area contributed by atoms with Crippen molar-refractivity contribution in [1.82, 2.24) is 9.78 Å². The number of halogens is 6. The normalized spacial score (nSPS) is 11.7. The van der Waals surface area contributed by atoms with Gasteiger partial charge in [-0.25, -0.2) is 4.68 Å². The molecule has 2 rings (SSSR count). The summed E-state index contributed by atoms with van der Waals surface area (Å²) < 4.78 is 39.4. The standard InChI is InChI=1S/C14H5Cl3F3N3O/c15-9-3-8(14(18,19)20)4-10(16)13(9)23-11(1-2-12(17)24)7(5-21)6-22-23/h1-4,6H/b2-1+. The second-order valence-corrected chi connectivity index (χ2v) is 5.58. The molecule has 0 N–H and O–H groups in total. The fourth-order valence-electron chi connectivity index (χ4n) is 1.86. The minimum atomic E-state index is -4.62. The van der Waals surface area contributed by atoms with Crippen LogP contribution in [0.1, 0.15) is 16.8 Å². The average Bonchev–Trinajstić information content (AvgIpc) is 2.86. The van der Waals surface area contributed by atoms with Gasteiger partial charge in [0.1, 0.15) is 11.8 Å². The zero-order valence-electron chi connectivity index (χ0n) is 11.4. The highest BCUT2D eigenvalue weighted by atomic mass is 35.5. The van der Waals surface area contributed by atoms with E-state index in [2.05, 4.69) is 5.10 Å². The summed E-state index contributed by atoms with van der Waals surface area (Å²) >= 11 is 17.0. The Morgan fingerprint density at radius 1 is 1.29 bits per heavy atom. The lowest BCUT2D eigenvalue weighted by atomic mass is 10.2. The van der Waals surface area contributed by atoms with Crippen molar-refractivity contribution in [1.29, 1.82) is 5.26 Å². The summed E-state index contributed by atoms with van der Waals surface area (Å²) in [7, 11) is 0. The monoisotopic (exact) mass is 393 g/mol. The molecule has 0 aliphatic heterocycles. The number of benzene rings is 1. The first-order valence-corrected chi connectivity index (χ1v) is 7.20. The highest BCUT2D eigenvalue weighted by Gasteiger charge is 2.32. The third kappa shape index (κ3) is 3.73. The summed E-state index contributed by atoms with van der Waals surface area (Å²) in [5, 5.41) is 11.5. The SMILES string of the molecule is N#Cc1cnn(-c2c(Cl)cc(C(F)(F)F)cc2Cl)c1/C=C/C(=O)Cl. The van der Waals surface area contributed by atoms with Gasteiger partial charge >= 0.3 is 6.18 Å². The molecular formula is C14H5Cl3F3N3O. The van der Waals surface area contributed by atoms with Crippen LogP contribution < -0.4 is 0 Å². The van der Waals surface area contributed by atoms with Crippen LogP contribution in [0, 0.1) is 11.3 Å². The second kappa shape index (κ2) is 6.85. The van der Waals surface area contributed by atoms with Crippen LogP contribution >= 0.6 is 34.8 Å². The van der Waals surface area contributed by atoms with E-state index in [-0.39, 0.29) is 27.0 Å². The van der Waals surface area contributed by atoms with Gasteiger partial charge in [-0.15, -0.1) is 0 Å². The summed E-state index contributed by atoms with van der Waals surface area (Å²) in [6.45, 7) is 0. The minimum absolute atomic E-state index is 0.0520. The summed E-state index contributed by atoms with van der Waals surface area (Å²) in [5.41, 5.74) is -0.942. The molecule has 0 saturated heterocycles. The lowest BCUT2D eigenvalue weighted by Crippen LogP contribution is -2.08. The van der Waals surface area contributed by atoms with E-state index in [0.717, 1.165) is 17.0 Å². The lowest BCUT2D eigenvalue weighted by Gasteiger charge is -2.13. The van der Waals surface area contributed by atoms with E-state index in [1.54, 1.807) is 0 Å². The molecule has 0 amide bonds. The smallest absolute Gasteiger partial charge is 0.276 e. The molecule has 0 bridgehead atoms. The Labute approximate surface area is 148 Å². The molecular weight excluding hydrogens is 390 g/mol. The molecule has 0 aliphatic rings. The van der Waals surface area contributed by atoms with E-state index >= 15 is 0 Å². The molecule has 124 valence electrons. The fraction of sp³-hybridized carbons (Fsp3) is 0.0714. The van der Waals surface area contributed by atoms with E-state index in [0.29, 0.717) is 12.1 Å². The number of aromatic nitrogens is 2. The molecule has 0 radical (unpaired) electrons. The van der Waals surface area contributed by atoms with Crippen LogP contribution in [0.15, 0.2) is 24.4 Å². The number of hydrogen-bond donors (Lipinski definition) is 0. The molecule has 0 saturated carbocycles. The molecule has 10 heteroatoms. The molecule has 0 aliphatic carbocycles. The van der Waals surface area contributed by atoms with Gasteiger partial charge in [-0.05, 0) is 35.9 Å². The third-order valence-electron chi connectivity index (χ3n) is 2.86. The second-order valence-electron chi connectivity index (χ2n) is 4.39. The van der Waals surface area contributed by atoms with Crippen molar-refractivity contribution >= 4 is 46.1 Å². The van der Waals surface area contributed by atoms with Crippen molar-refractivity contribution in [2.24, 2.45) is 0 Å². The van der Waals surface area contributed by atoms with E-state index in [9.17, 15) is 18.0 Å². The Kier molecular flexibility index (Phi) is 5.23. The van der Waals surface area contributed by atoms with Gasteiger partial charge in [0.2, 0.25) is 5.24 Å². The quantitative estimate of drug-likeness (QED) is 0.552. The Morgan fingerprint density at radius 3 is 2.33 bits per heavy atom. The predicted octanol–water partition coefficient (Wildman–Crippen LogP) is 4.85. The molecule has 0 fully saturated rings. The first-order chi connectivity index (χ1) is 11.1. The molecule has 2 aromatic rings. The summed E-state index contributed by atoms with van der Waals surface area (Å²) in [6, 6.07) is 3.21. The Balaban J connectivity index is 2.68. The maximum absolute atomic E-state index is 12.8. The number of carbonyl (C=O) groups excluding carboxylic acids is 1. The van der Waals surface area contributed by atoms with E-state index in [4.69, 9.17) is 40.1 Å². The molecule has 1 aromatic carbocycles. The van der Waals surface area contributed by atoms with Gasteiger partial charge in [-0.3, -0.25) is 4.79 Å². The van der Waals surface area contributed by atoms with Crippen molar-refractivity contribution in [3.63, 3.8) is 0 Å². The van der Waals surface area contributed by atoms with E-state index < -0.39 is 17.0 Å². The van der Waals surface area contributed by atoms with Gasteiger partial charge in [-0.2, -0.15) is 23.5 Å². The topological polar surface area (TPSA) is 58.7 Å². The van der Waals surface area contributed by atoms with Crippen LogP contribution in [0.4, 0.5) is 13.2 Å². The highest BCUT2D eigenvalue weighted by Crippen LogP contribution is 2.38. The first-order valence-electron chi connectivity index (χ1n) is 6.07. The molecule has 1 aromatic heterocycles. The van der Waals surface area contributed by atoms with Crippen LogP contribution in [-0.4, -0.2) is 15.0 Å². The van der Waals surface area contributed by atoms with Gasteiger partial charge in [-0.1, -0.05) is 23.2 Å². The maximum atomic E-state index is 12.8. The van der Waals surface area contributed by atoms with Crippen molar-refractivity contribution < 1.29 is 18.0 Å². The number of nitrogens with zero attached hydrogens (tertiary/aromatic N) is 3. The molecule has 24 heavy (non-hydrogen) atoms. The van der Waals surface area contributed by atoms with Crippen LogP contribution in [0.5, 0.6) is 0 Å². The largest absolute Gasteiger partial charge is 0.416 e. The fourth-order valence-corrected chi connectivity index (χ4v) is 2.57. The Morgan fingerprint density at radius 2 is 1.88 bits per heavy atom. The van der Waals surface area contributed by atoms with E-state index in [1.807, 2.05) is 6.07 Å². The molecule has 1 heterocycles. The summed E-state index contributed by atoms with van der Waals surface area (Å²) in [4.78, 5) is 10.9. The van der Waals surface area contributed by atoms with Crippen LogP contribution in [0.2, 0.25) is 10.0 Å². The van der Waals surface area contributed by atoms with Gasteiger partial charge in [0.05, 0.1) is 33.1 Å². The molecule has 0 unspecified atom stereocenters. The molecule has 0 spiro atoms. The minimum Gasteiger partial charge on any atom is -0.276 e. The van der Waals surface area contributed by atoms with Crippen molar-refractivity contribution in [2.45, 2.75) is 6.18 Å².